The summed E-state index contributed by atoms with van der Waals surface area (Å²) in [5, 5.41) is 0.521. The maximum atomic E-state index is 12.2. The molecule has 15 heavy (non-hydrogen) atoms. The van der Waals surface area contributed by atoms with E-state index in [1.165, 1.54) is 0 Å². The first kappa shape index (κ1) is 14.6. The lowest BCUT2D eigenvalue weighted by Gasteiger charge is -2.18. The summed E-state index contributed by atoms with van der Waals surface area (Å²) < 4.78 is 22.5. The molecule has 3 nitrogen and oxygen atoms in total. The van der Waals surface area contributed by atoms with E-state index in [9.17, 15) is 4.57 Å². The van der Waals surface area contributed by atoms with Gasteiger partial charge >= 0.3 is 7.60 Å². The van der Waals surface area contributed by atoms with Crippen LogP contribution in [0.1, 0.15) is 34.1 Å². The third-order valence-electron chi connectivity index (χ3n) is 1.73. The second-order valence-electron chi connectivity index (χ2n) is 3.38. The molecule has 0 saturated carbocycles. The third kappa shape index (κ3) is 5.31. The molecule has 0 unspecified atom stereocenters. The minimum atomic E-state index is -3.11. The van der Waals surface area contributed by atoms with Gasteiger partial charge in [0.1, 0.15) is 0 Å². The molecule has 0 aromatic rings. The minimum absolute atomic E-state index is 0.366. The van der Waals surface area contributed by atoms with Crippen LogP contribution in [-0.4, -0.2) is 13.2 Å². The summed E-state index contributed by atoms with van der Waals surface area (Å²) in [5.74, 6) is 0. The van der Waals surface area contributed by atoms with Crippen LogP contribution in [0.25, 0.3) is 0 Å². The van der Waals surface area contributed by atoms with Crippen LogP contribution in [0.15, 0.2) is 23.5 Å². The number of hydrogen-bond acceptors (Lipinski definition) is 3. The van der Waals surface area contributed by atoms with E-state index in [2.05, 4.69) is 6.58 Å². The average molecular weight is 232 g/mol. The van der Waals surface area contributed by atoms with Crippen molar-refractivity contribution in [3.63, 3.8) is 0 Å². The van der Waals surface area contributed by atoms with Crippen molar-refractivity contribution in [2.75, 3.05) is 13.2 Å². The molecule has 0 aromatic heterocycles. The van der Waals surface area contributed by atoms with Crippen LogP contribution in [-0.2, 0) is 13.6 Å². The van der Waals surface area contributed by atoms with Crippen LogP contribution in [0, 0.1) is 0 Å². The van der Waals surface area contributed by atoms with Crippen LogP contribution in [0.3, 0.4) is 0 Å². The third-order valence-corrected chi connectivity index (χ3v) is 3.88. The van der Waals surface area contributed by atoms with Gasteiger partial charge in [0.05, 0.1) is 13.2 Å². The molecule has 0 bridgehead atoms. The Bertz CT molecular complexity index is 268. The molecular weight excluding hydrogens is 211 g/mol. The van der Waals surface area contributed by atoms with Crippen molar-refractivity contribution in [2.45, 2.75) is 34.1 Å². The zero-order chi connectivity index (χ0) is 11.9. The molecule has 4 heteroatoms. The summed E-state index contributed by atoms with van der Waals surface area (Å²) in [6.45, 7) is 12.1. The molecule has 0 radical (unpaired) electrons. The fourth-order valence-corrected chi connectivity index (χ4v) is 2.43. The van der Waals surface area contributed by atoms with Crippen molar-refractivity contribution >= 4 is 7.60 Å². The predicted octanol–water partition coefficient (Wildman–Crippen LogP) is 4.12. The van der Waals surface area contributed by atoms with Gasteiger partial charge in [-0.3, -0.25) is 4.57 Å². The fourth-order valence-electron chi connectivity index (χ4n) is 0.993. The van der Waals surface area contributed by atoms with Gasteiger partial charge < -0.3 is 9.05 Å². The highest BCUT2D eigenvalue weighted by atomic mass is 31.2. The van der Waals surface area contributed by atoms with Gasteiger partial charge in [0, 0.05) is 5.31 Å². The second-order valence-corrected chi connectivity index (χ2v) is 5.53. The van der Waals surface area contributed by atoms with Crippen LogP contribution >= 0.6 is 7.60 Å². The summed E-state index contributed by atoms with van der Waals surface area (Å²) in [6.07, 6.45) is 2.51. The van der Waals surface area contributed by atoms with Crippen molar-refractivity contribution in [1.82, 2.24) is 0 Å². The Morgan fingerprint density at radius 2 is 1.73 bits per heavy atom. The summed E-state index contributed by atoms with van der Waals surface area (Å²) in [6, 6.07) is 0. The van der Waals surface area contributed by atoms with Gasteiger partial charge in [0.2, 0.25) is 0 Å². The summed E-state index contributed by atoms with van der Waals surface area (Å²) >= 11 is 0. The maximum Gasteiger partial charge on any atom is 0.357 e. The van der Waals surface area contributed by atoms with Crippen molar-refractivity contribution < 1.29 is 13.6 Å². The quantitative estimate of drug-likeness (QED) is 0.489. The maximum absolute atomic E-state index is 12.2. The Hall–Kier alpha value is -0.370. The van der Waals surface area contributed by atoms with Crippen LogP contribution in [0.2, 0.25) is 0 Å². The Balaban J connectivity index is 4.56. The molecule has 0 saturated heterocycles. The molecule has 0 atom stereocenters. The summed E-state index contributed by atoms with van der Waals surface area (Å²) in [4.78, 5) is 0. The van der Waals surface area contributed by atoms with Crippen LogP contribution in [0.5, 0.6) is 0 Å². The summed E-state index contributed by atoms with van der Waals surface area (Å²) in [5.41, 5.74) is 1.16. The van der Waals surface area contributed by atoms with Gasteiger partial charge in [0.25, 0.3) is 0 Å². The highest BCUT2D eigenvalue weighted by Crippen LogP contribution is 2.56. The Kier molecular flexibility index (Phi) is 6.82. The predicted molar refractivity (Wildman–Crippen MR) is 64.0 cm³/mol. The molecular formula is C11H21O3P. The lowest BCUT2D eigenvalue weighted by molar-refractivity contribution is 0.226. The second kappa shape index (κ2) is 7.00. The van der Waals surface area contributed by atoms with Gasteiger partial charge in [-0.25, -0.2) is 0 Å². The molecule has 0 spiro atoms. The van der Waals surface area contributed by atoms with Crippen LogP contribution < -0.4 is 0 Å². The van der Waals surface area contributed by atoms with E-state index in [1.807, 2.05) is 19.9 Å². The number of hydrogen-bond donors (Lipinski definition) is 0. The van der Waals surface area contributed by atoms with Gasteiger partial charge in [-0.05, 0) is 34.1 Å². The Labute approximate surface area is 92.7 Å². The standard InChI is InChI=1S/C11H21O3P/c1-6-13-15(12,14-7-2)11(5)9-8-10(3)4/h8H,5-7,9H2,1-4H3. The molecule has 0 aliphatic rings. The topological polar surface area (TPSA) is 35.5 Å². The number of allylic oxidation sites excluding steroid dienone is 3. The molecule has 0 aliphatic heterocycles. The normalized spacial score (nSPS) is 11.2. The largest absolute Gasteiger partial charge is 0.357 e. The van der Waals surface area contributed by atoms with E-state index < -0.39 is 7.60 Å². The first-order valence-electron chi connectivity index (χ1n) is 5.17. The van der Waals surface area contributed by atoms with Crippen molar-refractivity contribution in [3.05, 3.63) is 23.5 Å². The zero-order valence-electron chi connectivity index (χ0n) is 10.1. The van der Waals surface area contributed by atoms with Gasteiger partial charge in [-0.15, -0.1) is 0 Å². The first-order valence-corrected chi connectivity index (χ1v) is 6.71. The van der Waals surface area contributed by atoms with Crippen molar-refractivity contribution in [1.29, 1.82) is 0 Å². The first-order chi connectivity index (χ1) is 6.96. The molecule has 0 amide bonds. The van der Waals surface area contributed by atoms with E-state index in [-0.39, 0.29) is 0 Å². The zero-order valence-corrected chi connectivity index (χ0v) is 11.0. The van der Waals surface area contributed by atoms with Crippen molar-refractivity contribution in [3.8, 4) is 0 Å². The van der Waals surface area contributed by atoms with E-state index in [0.717, 1.165) is 5.57 Å². The molecule has 0 rings (SSSR count). The molecule has 0 fully saturated rings. The van der Waals surface area contributed by atoms with Gasteiger partial charge in [-0.2, -0.15) is 0 Å². The lowest BCUT2D eigenvalue weighted by atomic mass is 10.3. The molecule has 0 aromatic carbocycles. The van der Waals surface area contributed by atoms with E-state index in [1.54, 1.807) is 13.8 Å². The monoisotopic (exact) mass is 232 g/mol. The Morgan fingerprint density at radius 3 is 2.07 bits per heavy atom. The molecule has 88 valence electrons. The van der Waals surface area contributed by atoms with Crippen molar-refractivity contribution in [2.24, 2.45) is 0 Å². The summed E-state index contributed by atoms with van der Waals surface area (Å²) in [7, 11) is -3.11. The number of rotatable bonds is 7. The molecule has 0 N–H and O–H groups in total. The minimum Gasteiger partial charge on any atom is -0.306 e. The Morgan fingerprint density at radius 1 is 1.27 bits per heavy atom. The highest BCUT2D eigenvalue weighted by molar-refractivity contribution is 7.58. The highest BCUT2D eigenvalue weighted by Gasteiger charge is 2.26. The van der Waals surface area contributed by atoms with E-state index in [0.29, 0.717) is 24.9 Å². The van der Waals surface area contributed by atoms with Crippen LogP contribution in [0.4, 0.5) is 0 Å². The van der Waals surface area contributed by atoms with E-state index >= 15 is 0 Å². The molecule has 0 aliphatic carbocycles. The SMILES string of the molecule is C=C(CC=C(C)C)P(=O)(OCC)OCC. The van der Waals surface area contributed by atoms with Gasteiger partial charge in [0.15, 0.2) is 0 Å². The molecule has 0 heterocycles. The smallest absolute Gasteiger partial charge is 0.306 e. The lowest BCUT2D eigenvalue weighted by Crippen LogP contribution is -1.97. The fraction of sp³-hybridized carbons (Fsp3) is 0.636. The van der Waals surface area contributed by atoms with E-state index in [4.69, 9.17) is 9.05 Å². The van der Waals surface area contributed by atoms with Gasteiger partial charge in [-0.1, -0.05) is 18.2 Å². The average Bonchev–Trinajstić information content (AvgIpc) is 2.14.